The van der Waals surface area contributed by atoms with E-state index >= 15 is 0 Å². The van der Waals surface area contributed by atoms with E-state index in [1.807, 2.05) is 0 Å². The van der Waals surface area contributed by atoms with Gasteiger partial charge in [0.05, 0.1) is 6.61 Å². The molecule has 1 aliphatic heterocycles. The average Bonchev–Trinajstić information content (AvgIpc) is 2.47. The third-order valence-electron chi connectivity index (χ3n) is 3.13. The molecular formula is C13H18N4O3. The molecule has 1 aliphatic rings. The van der Waals surface area contributed by atoms with Gasteiger partial charge in [0.2, 0.25) is 5.91 Å². The van der Waals surface area contributed by atoms with Crippen LogP contribution in [0.3, 0.4) is 0 Å². The van der Waals surface area contributed by atoms with Crippen LogP contribution in [0, 0.1) is 0 Å². The molecule has 0 radical (unpaired) electrons. The molecule has 0 spiro atoms. The zero-order valence-corrected chi connectivity index (χ0v) is 11.3. The number of amides is 1. The van der Waals surface area contributed by atoms with Gasteiger partial charge in [-0.05, 0) is 19.1 Å². The zero-order chi connectivity index (χ0) is 14.5. The number of nitrogens with two attached hydrogens (primary N) is 1. The number of piperazine rings is 1. The second-order valence-corrected chi connectivity index (χ2v) is 4.41. The van der Waals surface area contributed by atoms with Crippen LogP contribution >= 0.6 is 0 Å². The van der Waals surface area contributed by atoms with Crippen molar-refractivity contribution in [3.05, 3.63) is 23.9 Å². The predicted molar refractivity (Wildman–Crippen MR) is 73.4 cm³/mol. The minimum atomic E-state index is -0.521. The number of carbonyl (C=O) groups is 2. The lowest BCUT2D eigenvalue weighted by Crippen LogP contribution is -2.57. The highest BCUT2D eigenvalue weighted by Crippen LogP contribution is 2.21. The fraction of sp³-hybridized carbons (Fsp3) is 0.462. The number of hydrogen-bond donors (Lipinski definition) is 2. The fourth-order valence-corrected chi connectivity index (χ4v) is 2.21. The van der Waals surface area contributed by atoms with Crippen molar-refractivity contribution >= 4 is 17.7 Å². The Labute approximate surface area is 117 Å². The summed E-state index contributed by atoms with van der Waals surface area (Å²) in [6.07, 6.45) is 1.58. The summed E-state index contributed by atoms with van der Waals surface area (Å²) in [5.41, 5.74) is 5.76. The summed E-state index contributed by atoms with van der Waals surface area (Å²) >= 11 is 0. The fourth-order valence-electron chi connectivity index (χ4n) is 2.21. The van der Waals surface area contributed by atoms with Gasteiger partial charge in [0, 0.05) is 25.8 Å². The van der Waals surface area contributed by atoms with Gasteiger partial charge in [-0.15, -0.1) is 0 Å². The van der Waals surface area contributed by atoms with Gasteiger partial charge in [-0.25, -0.2) is 9.78 Å². The summed E-state index contributed by atoms with van der Waals surface area (Å²) in [7, 11) is 0. The number of carbonyl (C=O) groups excluding carboxylic acids is 2. The van der Waals surface area contributed by atoms with Crippen molar-refractivity contribution in [2.75, 3.05) is 31.1 Å². The maximum Gasteiger partial charge on any atom is 0.341 e. The highest BCUT2D eigenvalue weighted by atomic mass is 16.5. The average molecular weight is 278 g/mol. The summed E-state index contributed by atoms with van der Waals surface area (Å²) in [6, 6.07) is 2.78. The zero-order valence-electron chi connectivity index (χ0n) is 11.3. The van der Waals surface area contributed by atoms with Crippen molar-refractivity contribution in [2.45, 2.75) is 13.0 Å². The minimum Gasteiger partial charge on any atom is -0.462 e. The van der Waals surface area contributed by atoms with Crippen LogP contribution in [0.2, 0.25) is 0 Å². The Bertz CT molecular complexity index is 506. The van der Waals surface area contributed by atoms with Crippen molar-refractivity contribution < 1.29 is 14.3 Å². The number of nitrogens with zero attached hydrogens (tertiary/aromatic N) is 2. The highest BCUT2D eigenvalue weighted by molar-refractivity contribution is 5.96. The number of esters is 1. The smallest absolute Gasteiger partial charge is 0.341 e. The quantitative estimate of drug-likeness (QED) is 0.722. The standard InChI is InChI=1S/C13H18N4O3/c1-2-20-13(19)9-4-3-5-16-12(9)17-7-6-15-8-10(17)11(14)18/h3-5,10,15H,2,6-8H2,1H3,(H2,14,18). The normalized spacial score (nSPS) is 18.6. The van der Waals surface area contributed by atoms with Crippen LogP contribution in [0.5, 0.6) is 0 Å². The van der Waals surface area contributed by atoms with Crippen LogP contribution < -0.4 is 16.0 Å². The molecule has 0 bridgehead atoms. The first-order valence-electron chi connectivity index (χ1n) is 6.54. The van der Waals surface area contributed by atoms with E-state index in [2.05, 4.69) is 10.3 Å². The van der Waals surface area contributed by atoms with Crippen molar-refractivity contribution in [2.24, 2.45) is 5.73 Å². The third-order valence-corrected chi connectivity index (χ3v) is 3.13. The lowest BCUT2D eigenvalue weighted by molar-refractivity contribution is -0.119. The number of hydrogen-bond acceptors (Lipinski definition) is 6. The molecular weight excluding hydrogens is 260 g/mol. The molecule has 1 fully saturated rings. The number of anilines is 1. The summed E-state index contributed by atoms with van der Waals surface area (Å²) in [4.78, 5) is 29.5. The van der Waals surface area contributed by atoms with Crippen LogP contribution in [0.1, 0.15) is 17.3 Å². The highest BCUT2D eigenvalue weighted by Gasteiger charge is 2.30. The molecule has 1 saturated heterocycles. The van der Waals surface area contributed by atoms with E-state index in [1.54, 1.807) is 30.2 Å². The SMILES string of the molecule is CCOC(=O)c1cccnc1N1CCNCC1C(N)=O. The first kappa shape index (κ1) is 14.3. The number of rotatable bonds is 4. The van der Waals surface area contributed by atoms with E-state index in [0.717, 1.165) is 0 Å². The molecule has 1 aromatic heterocycles. The van der Waals surface area contributed by atoms with E-state index in [-0.39, 0.29) is 6.61 Å². The van der Waals surface area contributed by atoms with Crippen LogP contribution in [0.15, 0.2) is 18.3 Å². The maximum absolute atomic E-state index is 12.0. The Morgan fingerprint density at radius 2 is 2.40 bits per heavy atom. The van der Waals surface area contributed by atoms with Gasteiger partial charge in [0.15, 0.2) is 0 Å². The van der Waals surface area contributed by atoms with Crippen LogP contribution in [-0.4, -0.2) is 49.1 Å². The van der Waals surface area contributed by atoms with Gasteiger partial charge in [0.1, 0.15) is 17.4 Å². The second-order valence-electron chi connectivity index (χ2n) is 4.41. The molecule has 2 heterocycles. The number of pyridine rings is 1. The van der Waals surface area contributed by atoms with E-state index in [1.165, 1.54) is 0 Å². The molecule has 0 aliphatic carbocycles. The first-order valence-corrected chi connectivity index (χ1v) is 6.54. The lowest BCUT2D eigenvalue weighted by atomic mass is 10.1. The van der Waals surface area contributed by atoms with E-state index in [9.17, 15) is 9.59 Å². The number of primary amides is 1. The summed E-state index contributed by atoms with van der Waals surface area (Å²) in [6.45, 7) is 3.72. The molecule has 0 saturated carbocycles. The predicted octanol–water partition coefficient (Wildman–Crippen LogP) is -0.478. The molecule has 2 rings (SSSR count). The van der Waals surface area contributed by atoms with E-state index < -0.39 is 17.9 Å². The van der Waals surface area contributed by atoms with Gasteiger partial charge in [-0.3, -0.25) is 4.79 Å². The number of aromatic nitrogens is 1. The van der Waals surface area contributed by atoms with Gasteiger partial charge in [-0.1, -0.05) is 0 Å². The molecule has 1 unspecified atom stereocenters. The molecule has 3 N–H and O–H groups in total. The Balaban J connectivity index is 2.35. The Hall–Kier alpha value is -2.15. The molecule has 1 amide bonds. The Morgan fingerprint density at radius 1 is 1.60 bits per heavy atom. The Morgan fingerprint density at radius 3 is 3.10 bits per heavy atom. The molecule has 7 heteroatoms. The van der Waals surface area contributed by atoms with Crippen molar-refractivity contribution in [1.82, 2.24) is 10.3 Å². The second kappa shape index (κ2) is 6.33. The van der Waals surface area contributed by atoms with Gasteiger partial charge >= 0.3 is 5.97 Å². The van der Waals surface area contributed by atoms with Crippen LogP contribution in [0.25, 0.3) is 0 Å². The summed E-state index contributed by atoms with van der Waals surface area (Å²) in [5.74, 6) is -0.453. The molecule has 7 nitrogen and oxygen atoms in total. The van der Waals surface area contributed by atoms with E-state index in [0.29, 0.717) is 31.0 Å². The van der Waals surface area contributed by atoms with Crippen molar-refractivity contribution in [1.29, 1.82) is 0 Å². The van der Waals surface area contributed by atoms with Crippen molar-refractivity contribution in [3.8, 4) is 0 Å². The third kappa shape index (κ3) is 2.88. The largest absolute Gasteiger partial charge is 0.462 e. The van der Waals surface area contributed by atoms with Crippen molar-refractivity contribution in [3.63, 3.8) is 0 Å². The monoisotopic (exact) mass is 278 g/mol. The van der Waals surface area contributed by atoms with Crippen LogP contribution in [0.4, 0.5) is 5.82 Å². The number of nitrogens with one attached hydrogen (secondary N) is 1. The topological polar surface area (TPSA) is 97.6 Å². The van der Waals surface area contributed by atoms with E-state index in [4.69, 9.17) is 10.5 Å². The molecule has 1 aromatic rings. The Kier molecular flexibility index (Phi) is 4.52. The van der Waals surface area contributed by atoms with Gasteiger partial charge in [0.25, 0.3) is 0 Å². The molecule has 20 heavy (non-hydrogen) atoms. The minimum absolute atomic E-state index is 0.286. The lowest BCUT2D eigenvalue weighted by Gasteiger charge is -2.35. The number of ether oxygens (including phenoxy) is 1. The van der Waals surface area contributed by atoms with Crippen LogP contribution in [-0.2, 0) is 9.53 Å². The summed E-state index contributed by atoms with van der Waals surface area (Å²) in [5, 5.41) is 3.10. The molecule has 0 aromatic carbocycles. The maximum atomic E-state index is 12.0. The molecule has 108 valence electrons. The van der Waals surface area contributed by atoms with Gasteiger partial charge in [-0.2, -0.15) is 0 Å². The first-order chi connectivity index (χ1) is 9.65. The summed E-state index contributed by atoms with van der Waals surface area (Å²) < 4.78 is 5.02. The molecule has 1 atom stereocenters. The van der Waals surface area contributed by atoms with Gasteiger partial charge < -0.3 is 20.7 Å².